The Kier molecular flexibility index (Phi) is 4.72. The van der Waals surface area contributed by atoms with Crippen molar-refractivity contribution in [3.05, 3.63) is 17.2 Å². The zero-order chi connectivity index (χ0) is 17.3. The Morgan fingerprint density at radius 1 is 1.42 bits per heavy atom. The molecule has 0 aliphatic carbocycles. The summed E-state index contributed by atoms with van der Waals surface area (Å²) in [6.45, 7) is 1.65. The molecule has 1 N–H and O–H groups in total. The van der Waals surface area contributed by atoms with E-state index in [-0.39, 0.29) is 11.8 Å². The molecule has 3 rings (SSSR count). The number of carbonyl (C=O) groups excluding carboxylic acids is 1. The Bertz CT molecular complexity index is 678. The van der Waals surface area contributed by atoms with E-state index in [0.717, 1.165) is 24.2 Å². The maximum absolute atomic E-state index is 12.7. The van der Waals surface area contributed by atoms with E-state index in [4.69, 9.17) is 21.6 Å². The van der Waals surface area contributed by atoms with Gasteiger partial charge in [-0.15, -0.1) is 0 Å². The lowest BCUT2D eigenvalue weighted by Crippen LogP contribution is -2.49. The lowest BCUT2D eigenvalue weighted by Gasteiger charge is -2.35. The van der Waals surface area contributed by atoms with E-state index in [9.17, 15) is 4.79 Å². The summed E-state index contributed by atoms with van der Waals surface area (Å²) >= 11 is 6.15. The number of fused-ring (bicyclic) bond motifs is 1. The normalized spacial score (nSPS) is 20.4. The lowest BCUT2D eigenvalue weighted by atomic mass is 9.98. The van der Waals surface area contributed by atoms with Crippen LogP contribution >= 0.6 is 11.6 Å². The number of nitrogens with zero attached hydrogens (tertiary/aromatic N) is 3. The van der Waals surface area contributed by atoms with Gasteiger partial charge in [0.15, 0.2) is 11.9 Å². The van der Waals surface area contributed by atoms with Crippen molar-refractivity contribution in [3.8, 4) is 11.8 Å². The smallest absolute Gasteiger partial charge is 0.265 e. The lowest BCUT2D eigenvalue weighted by molar-refractivity contribution is -0.139. The average Bonchev–Trinajstić information content (AvgIpc) is 2.60. The largest absolute Gasteiger partial charge is 0.474 e. The second kappa shape index (κ2) is 6.78. The Hall–Kier alpha value is -2.13. The molecule has 128 valence electrons. The number of nitriles is 1. The number of hydrogen-bond acceptors (Lipinski definition) is 5. The standard InChI is InChI=1S/C17H21ClN4O2/c1-21(2)14-8-12(18)7-13-16(14)24-15(10-20-13)17(23)22-5-3-11(9-19)4-6-22/h7-8,11,15,20H,3-6,10H2,1-2H3. The van der Waals surface area contributed by atoms with Gasteiger partial charge in [0.25, 0.3) is 5.91 Å². The molecule has 0 aromatic heterocycles. The van der Waals surface area contributed by atoms with Gasteiger partial charge < -0.3 is 19.9 Å². The minimum absolute atomic E-state index is 0.0239. The van der Waals surface area contributed by atoms with E-state index in [0.29, 0.717) is 30.4 Å². The maximum Gasteiger partial charge on any atom is 0.265 e. The molecule has 1 unspecified atom stereocenters. The van der Waals surface area contributed by atoms with E-state index in [1.165, 1.54) is 0 Å². The minimum atomic E-state index is -0.559. The van der Waals surface area contributed by atoms with Gasteiger partial charge in [-0.1, -0.05) is 11.6 Å². The predicted octanol–water partition coefficient (Wildman–Crippen LogP) is 2.34. The highest BCUT2D eigenvalue weighted by atomic mass is 35.5. The number of amides is 1. The number of likely N-dealkylation sites (tertiary alicyclic amines) is 1. The Balaban J connectivity index is 1.75. The van der Waals surface area contributed by atoms with Crippen molar-refractivity contribution in [1.29, 1.82) is 5.26 Å². The number of rotatable bonds is 2. The van der Waals surface area contributed by atoms with E-state index in [1.807, 2.05) is 31.1 Å². The molecule has 6 nitrogen and oxygen atoms in total. The number of hydrogen-bond donors (Lipinski definition) is 1. The van der Waals surface area contributed by atoms with E-state index >= 15 is 0 Å². The van der Waals surface area contributed by atoms with Gasteiger partial charge in [0.05, 0.1) is 24.0 Å². The number of carbonyl (C=O) groups is 1. The molecule has 2 aliphatic heterocycles. The fraction of sp³-hybridized carbons (Fsp3) is 0.529. The molecule has 1 amide bonds. The van der Waals surface area contributed by atoms with Crippen LogP contribution in [0.5, 0.6) is 5.75 Å². The molecular formula is C17H21ClN4O2. The van der Waals surface area contributed by atoms with Gasteiger partial charge in [-0.3, -0.25) is 4.79 Å². The fourth-order valence-electron chi connectivity index (χ4n) is 3.12. The first-order chi connectivity index (χ1) is 11.5. The van der Waals surface area contributed by atoms with Crippen molar-refractivity contribution in [3.63, 3.8) is 0 Å². The van der Waals surface area contributed by atoms with Crippen LogP contribution in [0.3, 0.4) is 0 Å². The summed E-state index contributed by atoms with van der Waals surface area (Å²) in [4.78, 5) is 16.5. The number of halogens is 1. The van der Waals surface area contributed by atoms with Gasteiger partial charge in [0, 0.05) is 38.1 Å². The monoisotopic (exact) mass is 348 g/mol. The fourth-order valence-corrected chi connectivity index (χ4v) is 3.34. The number of piperidine rings is 1. The van der Waals surface area contributed by atoms with Crippen LogP contribution < -0.4 is 15.0 Å². The number of ether oxygens (including phenoxy) is 1. The van der Waals surface area contributed by atoms with Gasteiger partial charge in [-0.05, 0) is 25.0 Å². The molecule has 2 aliphatic rings. The summed E-state index contributed by atoms with van der Waals surface area (Å²) < 4.78 is 6.03. The number of nitrogens with one attached hydrogen (secondary N) is 1. The van der Waals surface area contributed by atoms with Gasteiger partial charge in [0.1, 0.15) is 0 Å². The minimum Gasteiger partial charge on any atom is -0.474 e. The topological polar surface area (TPSA) is 68.6 Å². The molecule has 1 aromatic carbocycles. The molecule has 0 spiro atoms. The van der Waals surface area contributed by atoms with Crippen molar-refractivity contribution in [1.82, 2.24) is 4.90 Å². The molecular weight excluding hydrogens is 328 g/mol. The molecule has 24 heavy (non-hydrogen) atoms. The third-order valence-corrected chi connectivity index (χ3v) is 4.74. The summed E-state index contributed by atoms with van der Waals surface area (Å²) in [5.41, 5.74) is 1.64. The van der Waals surface area contributed by atoms with E-state index < -0.39 is 6.10 Å². The van der Waals surface area contributed by atoms with E-state index in [2.05, 4.69) is 11.4 Å². The summed E-state index contributed by atoms with van der Waals surface area (Å²) in [6.07, 6.45) is 0.908. The Morgan fingerprint density at radius 2 is 2.12 bits per heavy atom. The van der Waals surface area contributed by atoms with Gasteiger partial charge in [-0.2, -0.15) is 5.26 Å². The first kappa shape index (κ1) is 16.7. The summed E-state index contributed by atoms with van der Waals surface area (Å²) in [6, 6.07) is 5.92. The number of benzene rings is 1. The van der Waals surface area contributed by atoms with Crippen LogP contribution in [0.25, 0.3) is 0 Å². The maximum atomic E-state index is 12.7. The van der Waals surface area contributed by atoms with Crippen LogP contribution in [0.2, 0.25) is 5.02 Å². The van der Waals surface area contributed by atoms with Crippen LogP contribution in [0, 0.1) is 17.2 Å². The third kappa shape index (κ3) is 3.22. The first-order valence-electron chi connectivity index (χ1n) is 8.09. The predicted molar refractivity (Wildman–Crippen MR) is 93.6 cm³/mol. The summed E-state index contributed by atoms with van der Waals surface area (Å²) in [7, 11) is 3.82. The Morgan fingerprint density at radius 3 is 2.75 bits per heavy atom. The zero-order valence-electron chi connectivity index (χ0n) is 13.9. The quantitative estimate of drug-likeness (QED) is 0.888. The van der Waals surface area contributed by atoms with Crippen molar-refractivity contribution in [2.24, 2.45) is 5.92 Å². The second-order valence-corrected chi connectivity index (χ2v) is 6.85. The van der Waals surface area contributed by atoms with Gasteiger partial charge in [-0.25, -0.2) is 0 Å². The van der Waals surface area contributed by atoms with Gasteiger partial charge >= 0.3 is 0 Å². The third-order valence-electron chi connectivity index (χ3n) is 4.52. The first-order valence-corrected chi connectivity index (χ1v) is 8.47. The summed E-state index contributed by atoms with van der Waals surface area (Å²) in [5, 5.41) is 12.9. The average molecular weight is 349 g/mol. The molecule has 1 fully saturated rings. The molecule has 1 atom stereocenters. The zero-order valence-corrected chi connectivity index (χ0v) is 14.6. The van der Waals surface area contributed by atoms with Gasteiger partial charge in [0.2, 0.25) is 0 Å². The number of anilines is 2. The van der Waals surface area contributed by atoms with E-state index in [1.54, 1.807) is 4.90 Å². The van der Waals surface area contributed by atoms with Crippen molar-refractivity contribution in [2.75, 3.05) is 43.9 Å². The highest BCUT2D eigenvalue weighted by Crippen LogP contribution is 2.41. The van der Waals surface area contributed by atoms with Crippen LogP contribution in [0.1, 0.15) is 12.8 Å². The van der Waals surface area contributed by atoms with Crippen LogP contribution in [0.15, 0.2) is 12.1 Å². The van der Waals surface area contributed by atoms with Crippen LogP contribution in [-0.4, -0.2) is 50.6 Å². The second-order valence-electron chi connectivity index (χ2n) is 6.41. The molecule has 2 heterocycles. The highest BCUT2D eigenvalue weighted by Gasteiger charge is 2.33. The SMILES string of the molecule is CN(C)c1cc(Cl)cc2c1OC(C(=O)N1CCC(C#N)CC1)CN2. The summed E-state index contributed by atoms with van der Waals surface area (Å²) in [5.74, 6) is 0.688. The molecule has 0 bridgehead atoms. The van der Waals surface area contributed by atoms with Crippen molar-refractivity contribution in [2.45, 2.75) is 18.9 Å². The molecule has 1 saturated heterocycles. The highest BCUT2D eigenvalue weighted by molar-refractivity contribution is 6.31. The van der Waals surface area contributed by atoms with Crippen LogP contribution in [-0.2, 0) is 4.79 Å². The molecule has 0 radical (unpaired) electrons. The van der Waals surface area contributed by atoms with Crippen LogP contribution in [0.4, 0.5) is 11.4 Å². The molecule has 7 heteroatoms. The molecule has 0 saturated carbocycles. The molecule has 1 aromatic rings. The van der Waals surface area contributed by atoms with Crippen molar-refractivity contribution < 1.29 is 9.53 Å². The Labute approximate surface area is 146 Å². The van der Waals surface area contributed by atoms with Crippen molar-refractivity contribution >= 4 is 28.9 Å².